The summed E-state index contributed by atoms with van der Waals surface area (Å²) in [6.45, 7) is 4.82. The van der Waals surface area contributed by atoms with Gasteiger partial charge in [0, 0.05) is 36.9 Å². The molecule has 2 aromatic heterocycles. The van der Waals surface area contributed by atoms with E-state index in [0.29, 0.717) is 18.9 Å². The van der Waals surface area contributed by atoms with Crippen molar-refractivity contribution in [1.29, 1.82) is 0 Å². The molecule has 0 aromatic carbocycles. The third-order valence-electron chi connectivity index (χ3n) is 4.75. The van der Waals surface area contributed by atoms with Gasteiger partial charge in [0.25, 0.3) is 0 Å². The number of thiazole rings is 1. The van der Waals surface area contributed by atoms with Crippen LogP contribution in [0.2, 0.25) is 0 Å². The number of nitrogens with zero attached hydrogens (tertiary/aromatic N) is 5. The van der Waals surface area contributed by atoms with E-state index in [1.165, 1.54) is 12.4 Å². The maximum atomic E-state index is 13.0. The Morgan fingerprint density at radius 3 is 2.83 bits per heavy atom. The molecule has 2 aliphatic rings. The van der Waals surface area contributed by atoms with E-state index < -0.39 is 5.82 Å². The number of aryl methyl sites for hydroxylation is 1. The number of likely N-dealkylation sites (tertiary alicyclic amines) is 1. The summed E-state index contributed by atoms with van der Waals surface area (Å²) in [4.78, 5) is 29.0. The average Bonchev–Trinajstić information content (AvgIpc) is 3.22. The lowest BCUT2D eigenvalue weighted by Gasteiger charge is -2.23. The third-order valence-corrected chi connectivity index (χ3v) is 5.57. The van der Waals surface area contributed by atoms with Gasteiger partial charge in [-0.25, -0.2) is 19.3 Å². The quantitative estimate of drug-likeness (QED) is 0.850. The average molecular weight is 347 g/mol. The minimum absolute atomic E-state index is 0.0557. The second-order valence-electron chi connectivity index (χ2n) is 6.66. The Bertz CT molecular complexity index is 764. The highest BCUT2D eigenvalue weighted by Gasteiger charge is 2.47. The fourth-order valence-electron chi connectivity index (χ4n) is 3.65. The number of rotatable bonds is 3. The van der Waals surface area contributed by atoms with Crippen LogP contribution in [0.3, 0.4) is 0 Å². The number of aromatic nitrogens is 3. The van der Waals surface area contributed by atoms with Crippen molar-refractivity contribution in [3.8, 4) is 0 Å². The Hall–Kier alpha value is -2.09. The molecule has 8 heteroatoms. The van der Waals surface area contributed by atoms with Crippen LogP contribution in [0.15, 0.2) is 17.8 Å². The van der Waals surface area contributed by atoms with Gasteiger partial charge < -0.3 is 9.80 Å². The van der Waals surface area contributed by atoms with E-state index in [9.17, 15) is 9.18 Å². The van der Waals surface area contributed by atoms with Crippen molar-refractivity contribution in [1.82, 2.24) is 19.9 Å². The maximum absolute atomic E-state index is 13.0. The van der Waals surface area contributed by atoms with Crippen molar-refractivity contribution in [2.45, 2.75) is 26.3 Å². The molecule has 2 aromatic rings. The van der Waals surface area contributed by atoms with E-state index in [1.54, 1.807) is 11.3 Å². The Labute approximate surface area is 143 Å². The topological polar surface area (TPSA) is 62.2 Å². The summed E-state index contributed by atoms with van der Waals surface area (Å²) in [5.41, 5.74) is 0.902. The van der Waals surface area contributed by atoms with Gasteiger partial charge in [-0.05, 0) is 13.3 Å². The number of amides is 1. The SMILES string of the molecule is Cc1nc(CN2C[C@]3(CCN(c4ncc(F)cn4)C3)CC2=O)cs1. The van der Waals surface area contributed by atoms with Crippen molar-refractivity contribution < 1.29 is 9.18 Å². The second kappa shape index (κ2) is 5.77. The molecule has 24 heavy (non-hydrogen) atoms. The molecule has 0 radical (unpaired) electrons. The molecule has 1 atom stereocenters. The smallest absolute Gasteiger partial charge is 0.225 e. The van der Waals surface area contributed by atoms with Gasteiger partial charge in [-0.2, -0.15) is 0 Å². The van der Waals surface area contributed by atoms with Gasteiger partial charge in [0.2, 0.25) is 11.9 Å². The fraction of sp³-hybridized carbons (Fsp3) is 0.500. The fourth-order valence-corrected chi connectivity index (χ4v) is 4.25. The van der Waals surface area contributed by atoms with E-state index in [0.717, 1.165) is 36.8 Å². The normalized spacial score (nSPS) is 23.7. The van der Waals surface area contributed by atoms with Crippen LogP contribution < -0.4 is 4.90 Å². The molecule has 126 valence electrons. The molecule has 0 aliphatic carbocycles. The second-order valence-corrected chi connectivity index (χ2v) is 7.72. The molecule has 2 aliphatic heterocycles. The van der Waals surface area contributed by atoms with Crippen molar-refractivity contribution in [3.63, 3.8) is 0 Å². The molecule has 0 N–H and O–H groups in total. The number of hydrogen-bond donors (Lipinski definition) is 0. The number of carbonyl (C=O) groups is 1. The molecule has 6 nitrogen and oxygen atoms in total. The molecule has 1 amide bonds. The highest BCUT2D eigenvalue weighted by molar-refractivity contribution is 7.09. The van der Waals surface area contributed by atoms with Crippen molar-refractivity contribution >= 4 is 23.2 Å². The molecule has 0 saturated carbocycles. The van der Waals surface area contributed by atoms with Gasteiger partial charge in [-0.15, -0.1) is 11.3 Å². The van der Waals surface area contributed by atoms with Crippen LogP contribution in [0.4, 0.5) is 10.3 Å². The summed E-state index contributed by atoms with van der Waals surface area (Å²) in [5.74, 6) is 0.283. The predicted octanol–water partition coefficient (Wildman–Crippen LogP) is 2.01. The van der Waals surface area contributed by atoms with Crippen LogP contribution in [0.5, 0.6) is 0 Å². The van der Waals surface area contributed by atoms with E-state index in [4.69, 9.17) is 0 Å². The van der Waals surface area contributed by atoms with Crippen LogP contribution in [-0.2, 0) is 11.3 Å². The van der Waals surface area contributed by atoms with E-state index in [1.807, 2.05) is 22.1 Å². The zero-order valence-corrected chi connectivity index (χ0v) is 14.2. The first-order chi connectivity index (χ1) is 11.5. The van der Waals surface area contributed by atoms with E-state index in [-0.39, 0.29) is 11.3 Å². The summed E-state index contributed by atoms with van der Waals surface area (Å²) < 4.78 is 13.0. The standard InChI is InChI=1S/C16H18FN5OS/c1-11-20-13(8-24-11)7-22-10-16(4-14(22)23)2-3-21(9-16)15-18-5-12(17)6-19-15/h5-6,8H,2-4,7,9-10H2,1H3/t16-/m1/s1. The first kappa shape index (κ1) is 15.4. The summed E-state index contributed by atoms with van der Waals surface area (Å²) >= 11 is 1.61. The number of hydrogen-bond acceptors (Lipinski definition) is 6. The Kier molecular flexibility index (Phi) is 3.71. The molecule has 2 saturated heterocycles. The molecule has 0 bridgehead atoms. The molecular weight excluding hydrogens is 329 g/mol. The Balaban J connectivity index is 1.45. The van der Waals surface area contributed by atoms with Crippen LogP contribution in [0, 0.1) is 18.2 Å². The first-order valence-corrected chi connectivity index (χ1v) is 8.82. The molecule has 4 rings (SSSR count). The zero-order valence-electron chi connectivity index (χ0n) is 13.4. The van der Waals surface area contributed by atoms with Crippen LogP contribution in [0.25, 0.3) is 0 Å². The van der Waals surface area contributed by atoms with Gasteiger partial charge in [0.05, 0.1) is 29.6 Å². The summed E-state index contributed by atoms with van der Waals surface area (Å²) in [6.07, 6.45) is 3.84. The Morgan fingerprint density at radius 1 is 1.33 bits per heavy atom. The van der Waals surface area contributed by atoms with Crippen molar-refractivity contribution in [2.24, 2.45) is 5.41 Å². The van der Waals surface area contributed by atoms with Gasteiger partial charge in [0.15, 0.2) is 5.82 Å². The van der Waals surface area contributed by atoms with Crippen LogP contribution in [-0.4, -0.2) is 45.4 Å². The maximum Gasteiger partial charge on any atom is 0.225 e. The first-order valence-electron chi connectivity index (χ1n) is 7.94. The van der Waals surface area contributed by atoms with Gasteiger partial charge in [-0.3, -0.25) is 4.79 Å². The minimum atomic E-state index is -0.437. The van der Waals surface area contributed by atoms with Gasteiger partial charge in [-0.1, -0.05) is 0 Å². The molecule has 2 fully saturated rings. The molecule has 4 heterocycles. The van der Waals surface area contributed by atoms with E-state index >= 15 is 0 Å². The largest absolute Gasteiger partial charge is 0.340 e. The summed E-state index contributed by atoms with van der Waals surface area (Å²) in [6, 6.07) is 0. The minimum Gasteiger partial charge on any atom is -0.340 e. The van der Waals surface area contributed by atoms with Crippen LogP contribution >= 0.6 is 11.3 Å². The Morgan fingerprint density at radius 2 is 2.12 bits per heavy atom. The van der Waals surface area contributed by atoms with E-state index in [2.05, 4.69) is 15.0 Å². The van der Waals surface area contributed by atoms with Gasteiger partial charge >= 0.3 is 0 Å². The van der Waals surface area contributed by atoms with Crippen LogP contribution in [0.1, 0.15) is 23.5 Å². The monoisotopic (exact) mass is 347 g/mol. The lowest BCUT2D eigenvalue weighted by molar-refractivity contribution is -0.128. The van der Waals surface area contributed by atoms with Crippen molar-refractivity contribution in [2.75, 3.05) is 24.5 Å². The zero-order chi connectivity index (χ0) is 16.7. The lowest BCUT2D eigenvalue weighted by atomic mass is 9.86. The lowest BCUT2D eigenvalue weighted by Crippen LogP contribution is -2.31. The number of halogens is 1. The van der Waals surface area contributed by atoms with Gasteiger partial charge in [0.1, 0.15) is 0 Å². The number of carbonyl (C=O) groups excluding carboxylic acids is 1. The highest BCUT2D eigenvalue weighted by Crippen LogP contribution is 2.41. The molecule has 0 unspecified atom stereocenters. The summed E-state index contributed by atoms with van der Waals surface area (Å²) in [5, 5.41) is 3.04. The summed E-state index contributed by atoms with van der Waals surface area (Å²) in [7, 11) is 0. The highest BCUT2D eigenvalue weighted by atomic mass is 32.1. The number of anilines is 1. The molecule has 1 spiro atoms. The third kappa shape index (κ3) is 2.86. The molecular formula is C16H18FN5OS. The predicted molar refractivity (Wildman–Crippen MR) is 88.1 cm³/mol. The van der Waals surface area contributed by atoms with Crippen molar-refractivity contribution in [3.05, 3.63) is 34.3 Å².